The Morgan fingerprint density at radius 3 is 2.26 bits per heavy atom. The van der Waals surface area contributed by atoms with Gasteiger partial charge >= 0.3 is 6.03 Å². The maximum Gasteiger partial charge on any atom is 0.324 e. The average molecular weight is 428 g/mol. The van der Waals surface area contributed by atoms with E-state index in [2.05, 4.69) is 10.2 Å². The largest absolute Gasteiger partial charge is 0.342 e. The van der Waals surface area contributed by atoms with Crippen molar-refractivity contribution in [2.75, 3.05) is 52.4 Å². The summed E-state index contributed by atoms with van der Waals surface area (Å²) in [5.74, 6) is -0.220. The van der Waals surface area contributed by atoms with Crippen LogP contribution in [0.4, 0.5) is 4.79 Å². The summed E-state index contributed by atoms with van der Waals surface area (Å²) in [4.78, 5) is 56.4. The summed E-state index contributed by atoms with van der Waals surface area (Å²) in [6, 6.07) is 6.67. The maximum atomic E-state index is 13.2. The van der Waals surface area contributed by atoms with Crippen molar-refractivity contribution in [3.05, 3.63) is 35.4 Å². The van der Waals surface area contributed by atoms with Crippen LogP contribution in [-0.4, -0.2) is 95.7 Å². The first-order valence-electron chi connectivity index (χ1n) is 11.0. The fourth-order valence-electron chi connectivity index (χ4n) is 4.37. The lowest BCUT2D eigenvalue weighted by molar-refractivity contribution is -0.133. The van der Waals surface area contributed by atoms with Crippen LogP contribution in [0.25, 0.3) is 0 Å². The van der Waals surface area contributed by atoms with E-state index < -0.39 is 6.03 Å². The highest BCUT2D eigenvalue weighted by atomic mass is 16.2. The predicted octanol–water partition coefficient (Wildman–Crippen LogP) is 0.509. The quantitative estimate of drug-likeness (QED) is 0.691. The van der Waals surface area contributed by atoms with Crippen LogP contribution in [0.5, 0.6) is 0 Å². The number of carbonyl (C=O) groups excluding carboxylic acids is 4. The number of likely N-dealkylation sites (tertiary alicyclic amines) is 1. The molecular formula is C22H29N5O4. The van der Waals surface area contributed by atoms with Gasteiger partial charge in [0.25, 0.3) is 5.91 Å². The normalized spacial score (nSPS) is 20.2. The zero-order valence-electron chi connectivity index (χ0n) is 17.7. The molecule has 1 N–H and O–H groups in total. The average Bonchev–Trinajstić information content (AvgIpc) is 3.12. The number of piperazine rings is 1. The van der Waals surface area contributed by atoms with Gasteiger partial charge in [0.1, 0.15) is 0 Å². The van der Waals surface area contributed by atoms with Gasteiger partial charge < -0.3 is 15.1 Å². The number of amides is 5. The number of nitrogens with zero attached hydrogens (tertiary/aromatic N) is 4. The number of imide groups is 1. The van der Waals surface area contributed by atoms with Gasteiger partial charge in [0.15, 0.2) is 0 Å². The second-order valence-corrected chi connectivity index (χ2v) is 8.31. The van der Waals surface area contributed by atoms with Crippen molar-refractivity contribution in [1.29, 1.82) is 0 Å². The molecule has 0 radical (unpaired) electrons. The number of hydrogen-bond donors (Lipinski definition) is 1. The van der Waals surface area contributed by atoms with E-state index in [1.165, 1.54) is 6.42 Å². The number of hydrogen-bond acceptors (Lipinski definition) is 5. The third kappa shape index (κ3) is 4.87. The summed E-state index contributed by atoms with van der Waals surface area (Å²) in [5, 5.41) is 2.50. The molecule has 0 unspecified atom stereocenters. The Morgan fingerprint density at radius 1 is 0.871 bits per heavy atom. The van der Waals surface area contributed by atoms with Gasteiger partial charge in [-0.25, -0.2) is 4.79 Å². The van der Waals surface area contributed by atoms with Crippen molar-refractivity contribution in [2.45, 2.75) is 25.8 Å². The Balaban J connectivity index is 1.34. The summed E-state index contributed by atoms with van der Waals surface area (Å²) < 4.78 is 0. The van der Waals surface area contributed by atoms with Gasteiger partial charge in [0.05, 0.1) is 19.6 Å². The summed E-state index contributed by atoms with van der Waals surface area (Å²) in [6.45, 7) is 4.58. The molecule has 9 nitrogen and oxygen atoms in total. The van der Waals surface area contributed by atoms with E-state index in [0.717, 1.165) is 30.8 Å². The Hall–Kier alpha value is -2.94. The minimum absolute atomic E-state index is 0.00689. The molecule has 0 saturated carbocycles. The molecule has 0 atom stereocenters. The maximum absolute atomic E-state index is 13.2. The molecule has 3 fully saturated rings. The van der Waals surface area contributed by atoms with Crippen molar-refractivity contribution < 1.29 is 19.2 Å². The highest BCUT2D eigenvalue weighted by molar-refractivity contribution is 6.02. The van der Waals surface area contributed by atoms with Gasteiger partial charge in [-0.15, -0.1) is 0 Å². The molecule has 5 amide bonds. The first-order chi connectivity index (χ1) is 15.0. The number of urea groups is 1. The van der Waals surface area contributed by atoms with Gasteiger partial charge in [-0.3, -0.25) is 24.2 Å². The summed E-state index contributed by atoms with van der Waals surface area (Å²) in [6.07, 6.45) is 3.36. The highest BCUT2D eigenvalue weighted by Gasteiger charge is 2.31. The summed E-state index contributed by atoms with van der Waals surface area (Å²) in [5.41, 5.74) is 1.16. The van der Waals surface area contributed by atoms with Crippen molar-refractivity contribution >= 4 is 23.8 Å². The fourth-order valence-corrected chi connectivity index (χ4v) is 4.37. The monoisotopic (exact) mass is 427 g/mol. The van der Waals surface area contributed by atoms with Crippen LogP contribution < -0.4 is 5.32 Å². The zero-order valence-corrected chi connectivity index (χ0v) is 17.7. The minimum atomic E-state index is -0.431. The van der Waals surface area contributed by atoms with Crippen LogP contribution in [0.3, 0.4) is 0 Å². The van der Waals surface area contributed by atoms with Crippen LogP contribution in [0.1, 0.15) is 35.2 Å². The fraction of sp³-hybridized carbons (Fsp3) is 0.545. The van der Waals surface area contributed by atoms with Crippen LogP contribution in [-0.2, 0) is 16.1 Å². The second kappa shape index (κ2) is 9.47. The molecule has 0 spiro atoms. The molecule has 3 aliphatic heterocycles. The Bertz CT molecular complexity index is 843. The molecule has 9 heteroatoms. The lowest BCUT2D eigenvalue weighted by Crippen LogP contribution is -2.52. The molecule has 166 valence electrons. The number of benzene rings is 1. The second-order valence-electron chi connectivity index (χ2n) is 8.31. The number of nitrogens with one attached hydrogen (secondary N) is 1. The first-order valence-corrected chi connectivity index (χ1v) is 11.0. The van der Waals surface area contributed by atoms with E-state index in [1.54, 1.807) is 29.2 Å². The lowest BCUT2D eigenvalue weighted by Gasteiger charge is -2.36. The predicted molar refractivity (Wildman–Crippen MR) is 113 cm³/mol. The molecule has 0 aromatic heterocycles. The summed E-state index contributed by atoms with van der Waals surface area (Å²) >= 11 is 0. The van der Waals surface area contributed by atoms with E-state index in [1.807, 2.05) is 4.90 Å². The van der Waals surface area contributed by atoms with E-state index in [4.69, 9.17) is 0 Å². The van der Waals surface area contributed by atoms with Crippen LogP contribution in [0.15, 0.2) is 24.3 Å². The van der Waals surface area contributed by atoms with Crippen LogP contribution in [0.2, 0.25) is 0 Å². The molecular weight excluding hydrogens is 398 g/mol. The molecule has 3 heterocycles. The molecule has 1 aromatic carbocycles. The number of carbonyl (C=O) groups is 4. The van der Waals surface area contributed by atoms with Crippen molar-refractivity contribution in [3.8, 4) is 0 Å². The topological polar surface area (TPSA) is 93.3 Å². The molecule has 3 saturated heterocycles. The van der Waals surface area contributed by atoms with E-state index in [9.17, 15) is 19.2 Å². The standard InChI is InChI=1S/C22H29N5O4/c28-19-14-23-22(31)27(19)15-17-6-2-3-7-18(17)21(30)26-12-10-24(11-13-26)16-20(29)25-8-4-1-5-9-25/h2-3,6-7H,1,4-5,8-16H2,(H,23,31). The van der Waals surface area contributed by atoms with Crippen molar-refractivity contribution in [1.82, 2.24) is 24.9 Å². The van der Waals surface area contributed by atoms with E-state index >= 15 is 0 Å². The summed E-state index contributed by atoms with van der Waals surface area (Å²) in [7, 11) is 0. The number of rotatable bonds is 5. The minimum Gasteiger partial charge on any atom is -0.342 e. The smallest absolute Gasteiger partial charge is 0.324 e. The SMILES string of the molecule is O=C(CN1CCN(C(=O)c2ccccc2CN2C(=O)CNC2=O)CC1)N1CCCCC1. The molecule has 1 aromatic rings. The number of piperidine rings is 1. The van der Waals surface area contributed by atoms with E-state index in [-0.39, 0.29) is 30.8 Å². The molecule has 31 heavy (non-hydrogen) atoms. The molecule has 0 aliphatic carbocycles. The third-order valence-electron chi connectivity index (χ3n) is 6.24. The van der Waals surface area contributed by atoms with Gasteiger partial charge in [0, 0.05) is 44.8 Å². The Labute approximate surface area is 181 Å². The van der Waals surface area contributed by atoms with Crippen molar-refractivity contribution in [3.63, 3.8) is 0 Å². The van der Waals surface area contributed by atoms with Crippen molar-refractivity contribution in [2.24, 2.45) is 0 Å². The highest BCUT2D eigenvalue weighted by Crippen LogP contribution is 2.17. The third-order valence-corrected chi connectivity index (χ3v) is 6.24. The Kier molecular flexibility index (Phi) is 6.50. The van der Waals surface area contributed by atoms with Crippen LogP contribution in [0, 0.1) is 0 Å². The van der Waals surface area contributed by atoms with Crippen LogP contribution >= 0.6 is 0 Å². The molecule has 4 rings (SSSR count). The Morgan fingerprint density at radius 2 is 1.58 bits per heavy atom. The molecule has 3 aliphatic rings. The molecule has 0 bridgehead atoms. The van der Waals surface area contributed by atoms with E-state index in [0.29, 0.717) is 43.9 Å². The first kappa shape index (κ1) is 21.3. The zero-order chi connectivity index (χ0) is 21.8. The van der Waals surface area contributed by atoms with Gasteiger partial charge in [0.2, 0.25) is 11.8 Å². The lowest BCUT2D eigenvalue weighted by atomic mass is 10.1. The van der Waals surface area contributed by atoms with Gasteiger partial charge in [-0.05, 0) is 30.9 Å². The van der Waals surface area contributed by atoms with Gasteiger partial charge in [-0.1, -0.05) is 18.2 Å². The van der Waals surface area contributed by atoms with Gasteiger partial charge in [-0.2, -0.15) is 0 Å².